The molecule has 0 spiro atoms. The molecule has 1 aromatic rings. The van der Waals surface area contributed by atoms with Crippen LogP contribution in [0.4, 0.5) is 0 Å². The number of carbonyl (C=O) groups is 1. The maximum absolute atomic E-state index is 12.6. The molecule has 0 aliphatic rings. The first-order valence-electron chi connectivity index (χ1n) is 7.56. The maximum atomic E-state index is 12.6. The third kappa shape index (κ3) is 4.46. The van der Waals surface area contributed by atoms with E-state index in [1.807, 2.05) is 26.0 Å². The van der Waals surface area contributed by atoms with Gasteiger partial charge >= 0.3 is 0 Å². The third-order valence-corrected chi connectivity index (χ3v) is 6.13. The lowest BCUT2D eigenvalue weighted by Gasteiger charge is -2.31. The molecule has 0 unspecified atom stereocenters. The number of rotatable bonds is 8. The zero-order valence-electron chi connectivity index (χ0n) is 13.4. The average molecular weight is 346 g/mol. The van der Waals surface area contributed by atoms with Crippen molar-refractivity contribution in [3.05, 3.63) is 34.9 Å². The van der Waals surface area contributed by atoms with E-state index in [4.69, 9.17) is 11.6 Å². The summed E-state index contributed by atoms with van der Waals surface area (Å²) in [6.45, 7) is 5.67. The summed E-state index contributed by atoms with van der Waals surface area (Å²) in [7, 11) is -3.08. The van der Waals surface area contributed by atoms with Crippen LogP contribution in [0.25, 0.3) is 0 Å². The average Bonchev–Trinajstić information content (AvgIpc) is 2.50. The Balaban J connectivity index is 2.90. The van der Waals surface area contributed by atoms with Crippen LogP contribution in [0.5, 0.6) is 0 Å². The van der Waals surface area contributed by atoms with Crippen molar-refractivity contribution in [1.29, 1.82) is 0 Å². The SMILES string of the molecule is CCC(CC)(C(=O)NCCS(=O)(=O)CC)c1ccc(Cl)cc1. The van der Waals surface area contributed by atoms with E-state index in [-0.39, 0.29) is 24.0 Å². The van der Waals surface area contributed by atoms with E-state index in [9.17, 15) is 13.2 Å². The lowest BCUT2D eigenvalue weighted by atomic mass is 9.75. The summed E-state index contributed by atoms with van der Waals surface area (Å²) in [5, 5.41) is 3.40. The van der Waals surface area contributed by atoms with Crippen molar-refractivity contribution in [2.24, 2.45) is 0 Å². The molecule has 1 N–H and O–H groups in total. The molecule has 0 radical (unpaired) electrons. The predicted molar refractivity (Wildman–Crippen MR) is 91.0 cm³/mol. The van der Waals surface area contributed by atoms with Crippen LogP contribution in [0.15, 0.2) is 24.3 Å². The molecule has 0 saturated heterocycles. The topological polar surface area (TPSA) is 63.2 Å². The van der Waals surface area contributed by atoms with Crippen LogP contribution in [-0.4, -0.2) is 32.4 Å². The number of nitrogens with one attached hydrogen (secondary N) is 1. The normalized spacial score (nSPS) is 12.2. The van der Waals surface area contributed by atoms with E-state index in [1.165, 1.54) is 0 Å². The highest BCUT2D eigenvalue weighted by atomic mass is 35.5. The number of hydrogen-bond acceptors (Lipinski definition) is 3. The number of sulfone groups is 1. The van der Waals surface area contributed by atoms with Gasteiger partial charge in [0.05, 0.1) is 11.2 Å². The van der Waals surface area contributed by atoms with Crippen molar-refractivity contribution in [3.63, 3.8) is 0 Å². The molecular weight excluding hydrogens is 322 g/mol. The number of carbonyl (C=O) groups excluding carboxylic acids is 1. The Bertz CT molecular complexity index is 592. The van der Waals surface area contributed by atoms with Crippen molar-refractivity contribution in [1.82, 2.24) is 5.32 Å². The van der Waals surface area contributed by atoms with Crippen LogP contribution in [-0.2, 0) is 20.0 Å². The fourth-order valence-electron chi connectivity index (χ4n) is 2.51. The van der Waals surface area contributed by atoms with Crippen molar-refractivity contribution >= 4 is 27.3 Å². The first-order valence-corrected chi connectivity index (χ1v) is 9.76. The summed E-state index contributed by atoms with van der Waals surface area (Å²) in [6, 6.07) is 7.26. The standard InChI is InChI=1S/C16H24ClNO3S/c1-4-16(5-2,13-7-9-14(17)10-8-13)15(19)18-11-12-22(20,21)6-3/h7-10H,4-6,11-12H2,1-3H3,(H,18,19). The Morgan fingerprint density at radius 3 is 2.14 bits per heavy atom. The Morgan fingerprint density at radius 2 is 1.68 bits per heavy atom. The molecule has 0 fully saturated rings. The monoisotopic (exact) mass is 345 g/mol. The largest absolute Gasteiger partial charge is 0.354 e. The first-order chi connectivity index (χ1) is 10.3. The summed E-state index contributed by atoms with van der Waals surface area (Å²) in [5.74, 6) is -0.0716. The van der Waals surface area contributed by atoms with E-state index >= 15 is 0 Å². The Hall–Kier alpha value is -1.07. The zero-order valence-corrected chi connectivity index (χ0v) is 14.9. The van der Waals surface area contributed by atoms with Crippen molar-refractivity contribution in [3.8, 4) is 0 Å². The van der Waals surface area contributed by atoms with Gasteiger partial charge in [-0.25, -0.2) is 8.42 Å². The first kappa shape index (κ1) is 19.0. The second-order valence-corrected chi connectivity index (χ2v) is 8.20. The molecule has 0 aliphatic carbocycles. The van der Waals surface area contributed by atoms with Crippen LogP contribution in [0.3, 0.4) is 0 Å². The predicted octanol–water partition coefficient (Wildman–Crippen LogP) is 2.95. The Morgan fingerprint density at radius 1 is 1.14 bits per heavy atom. The fourth-order valence-corrected chi connectivity index (χ4v) is 3.34. The van der Waals surface area contributed by atoms with Gasteiger partial charge in [-0.05, 0) is 30.5 Å². The third-order valence-electron chi connectivity index (χ3n) is 4.18. The minimum atomic E-state index is -3.08. The van der Waals surface area contributed by atoms with Crippen molar-refractivity contribution in [2.45, 2.75) is 39.0 Å². The molecule has 1 rings (SSSR count). The molecular formula is C16H24ClNO3S. The molecule has 0 saturated carbocycles. The van der Waals surface area contributed by atoms with Gasteiger partial charge in [0.1, 0.15) is 0 Å². The van der Waals surface area contributed by atoms with E-state index in [0.29, 0.717) is 17.9 Å². The molecule has 0 aromatic heterocycles. The van der Waals surface area contributed by atoms with Gasteiger partial charge in [-0.3, -0.25) is 4.79 Å². The highest BCUT2D eigenvalue weighted by Gasteiger charge is 2.36. The second-order valence-electron chi connectivity index (χ2n) is 5.29. The molecule has 0 aliphatic heterocycles. The lowest BCUT2D eigenvalue weighted by molar-refractivity contribution is -0.127. The van der Waals surface area contributed by atoms with Crippen molar-refractivity contribution < 1.29 is 13.2 Å². The van der Waals surface area contributed by atoms with Gasteiger partial charge in [0.2, 0.25) is 5.91 Å². The molecule has 0 heterocycles. The van der Waals surface area contributed by atoms with Gasteiger partial charge in [-0.2, -0.15) is 0 Å². The van der Waals surface area contributed by atoms with E-state index in [2.05, 4.69) is 5.32 Å². The van der Waals surface area contributed by atoms with Crippen molar-refractivity contribution in [2.75, 3.05) is 18.1 Å². The summed E-state index contributed by atoms with van der Waals surface area (Å²) in [6.07, 6.45) is 1.27. The smallest absolute Gasteiger partial charge is 0.230 e. The number of benzene rings is 1. The summed E-state index contributed by atoms with van der Waals surface area (Å²) in [4.78, 5) is 12.6. The van der Waals surface area contributed by atoms with Crippen LogP contribution in [0, 0.1) is 0 Å². The Labute approximate surface area is 138 Å². The molecule has 0 atom stereocenters. The highest BCUT2D eigenvalue weighted by Crippen LogP contribution is 2.32. The van der Waals surface area contributed by atoms with Crippen LogP contribution in [0.1, 0.15) is 39.2 Å². The van der Waals surface area contributed by atoms with Gasteiger partial charge in [-0.1, -0.05) is 44.5 Å². The highest BCUT2D eigenvalue weighted by molar-refractivity contribution is 7.91. The van der Waals surface area contributed by atoms with Gasteiger partial charge in [0.25, 0.3) is 0 Å². The number of hydrogen-bond donors (Lipinski definition) is 1. The number of amides is 1. The molecule has 1 aromatic carbocycles. The van der Waals surface area contributed by atoms with Gasteiger partial charge in [0, 0.05) is 17.3 Å². The zero-order chi connectivity index (χ0) is 16.8. The summed E-state index contributed by atoms with van der Waals surface area (Å²) < 4.78 is 23.0. The molecule has 22 heavy (non-hydrogen) atoms. The second kappa shape index (κ2) is 7.97. The van der Waals surface area contributed by atoms with Crippen LogP contribution >= 0.6 is 11.6 Å². The van der Waals surface area contributed by atoms with Crippen LogP contribution in [0.2, 0.25) is 5.02 Å². The number of halogens is 1. The fraction of sp³-hybridized carbons (Fsp3) is 0.562. The van der Waals surface area contributed by atoms with E-state index in [0.717, 1.165) is 5.56 Å². The Kier molecular flexibility index (Phi) is 6.88. The summed E-state index contributed by atoms with van der Waals surface area (Å²) >= 11 is 5.91. The van der Waals surface area contributed by atoms with Gasteiger partial charge < -0.3 is 5.32 Å². The van der Waals surface area contributed by atoms with E-state index in [1.54, 1.807) is 19.1 Å². The summed E-state index contributed by atoms with van der Waals surface area (Å²) in [5.41, 5.74) is 0.248. The van der Waals surface area contributed by atoms with Gasteiger partial charge in [0.15, 0.2) is 9.84 Å². The molecule has 1 amide bonds. The molecule has 4 nitrogen and oxygen atoms in total. The van der Waals surface area contributed by atoms with Gasteiger partial charge in [-0.15, -0.1) is 0 Å². The maximum Gasteiger partial charge on any atom is 0.230 e. The minimum absolute atomic E-state index is 0.0284. The quantitative estimate of drug-likeness (QED) is 0.787. The molecule has 124 valence electrons. The molecule has 6 heteroatoms. The van der Waals surface area contributed by atoms with Crippen LogP contribution < -0.4 is 5.32 Å². The lowest BCUT2D eigenvalue weighted by Crippen LogP contribution is -2.45. The van der Waals surface area contributed by atoms with E-state index < -0.39 is 15.3 Å². The minimum Gasteiger partial charge on any atom is -0.354 e. The molecule has 0 bridgehead atoms.